The van der Waals surface area contributed by atoms with Gasteiger partial charge in [-0.05, 0) is 37.2 Å². The molecule has 1 fully saturated rings. The SMILES string of the molecule is O=[C]C([C@H]1CCNC1)n1cnc(-c2ccc(Cl)cc2)c1-c1ccncc1. The van der Waals surface area contributed by atoms with Gasteiger partial charge in [0.15, 0.2) is 0 Å². The van der Waals surface area contributed by atoms with Gasteiger partial charge in [-0.3, -0.25) is 9.78 Å². The van der Waals surface area contributed by atoms with Crippen LogP contribution in [0, 0.1) is 5.92 Å². The molecule has 4 rings (SSSR count). The second kappa shape index (κ2) is 7.40. The predicted molar refractivity (Wildman–Crippen MR) is 102 cm³/mol. The molecule has 1 aromatic carbocycles. The molecular formula is C20H18ClN4O. The van der Waals surface area contributed by atoms with Crippen molar-refractivity contribution in [2.45, 2.75) is 12.5 Å². The van der Waals surface area contributed by atoms with Crippen molar-refractivity contribution in [2.24, 2.45) is 5.92 Å². The van der Waals surface area contributed by atoms with Gasteiger partial charge in [0, 0.05) is 41.0 Å². The van der Waals surface area contributed by atoms with Crippen molar-refractivity contribution in [3.8, 4) is 22.5 Å². The van der Waals surface area contributed by atoms with Crippen molar-refractivity contribution in [3.63, 3.8) is 0 Å². The maximum Gasteiger partial charge on any atom is 0.223 e. The van der Waals surface area contributed by atoms with Crippen LogP contribution in [0.25, 0.3) is 22.5 Å². The average Bonchev–Trinajstić information content (AvgIpc) is 3.35. The van der Waals surface area contributed by atoms with Gasteiger partial charge < -0.3 is 9.88 Å². The standard InChI is InChI=1S/C20H18ClN4O/c21-17-3-1-14(2-4-17)19-20(15-5-8-22-9-6-15)25(13-24-19)18(12-26)16-7-10-23-11-16/h1-6,8-9,13,16,18,23H,7,10-11H2/t16-,18?/m0/s1. The van der Waals surface area contributed by atoms with E-state index in [2.05, 4.69) is 21.6 Å². The molecule has 1 aliphatic heterocycles. The van der Waals surface area contributed by atoms with E-state index in [0.717, 1.165) is 42.0 Å². The molecule has 1 unspecified atom stereocenters. The number of benzene rings is 1. The molecule has 1 radical (unpaired) electrons. The Balaban J connectivity index is 1.86. The van der Waals surface area contributed by atoms with E-state index in [9.17, 15) is 4.79 Å². The highest BCUT2D eigenvalue weighted by atomic mass is 35.5. The molecule has 5 nitrogen and oxygen atoms in total. The molecule has 0 saturated carbocycles. The lowest BCUT2D eigenvalue weighted by Gasteiger charge is -2.21. The van der Waals surface area contributed by atoms with Crippen LogP contribution in [-0.2, 0) is 4.79 Å². The Hall–Kier alpha value is -2.50. The van der Waals surface area contributed by atoms with E-state index >= 15 is 0 Å². The number of pyridine rings is 1. The molecule has 6 heteroatoms. The first kappa shape index (κ1) is 16.9. The fourth-order valence-electron chi connectivity index (χ4n) is 3.51. The molecule has 131 valence electrons. The van der Waals surface area contributed by atoms with Crippen molar-refractivity contribution in [3.05, 3.63) is 60.1 Å². The highest BCUT2D eigenvalue weighted by Gasteiger charge is 2.29. The fourth-order valence-corrected chi connectivity index (χ4v) is 3.64. The van der Waals surface area contributed by atoms with Gasteiger partial charge in [-0.2, -0.15) is 0 Å². The normalized spacial score (nSPS) is 18.0. The smallest absolute Gasteiger partial charge is 0.223 e. The molecule has 1 N–H and O–H groups in total. The zero-order chi connectivity index (χ0) is 17.9. The summed E-state index contributed by atoms with van der Waals surface area (Å²) in [6, 6.07) is 11.1. The predicted octanol–water partition coefficient (Wildman–Crippen LogP) is 3.53. The molecule has 2 atom stereocenters. The maximum absolute atomic E-state index is 11.8. The van der Waals surface area contributed by atoms with E-state index in [1.165, 1.54) is 0 Å². The van der Waals surface area contributed by atoms with Crippen molar-refractivity contribution in [1.82, 2.24) is 19.9 Å². The molecule has 3 heterocycles. The Morgan fingerprint density at radius 3 is 2.58 bits per heavy atom. The van der Waals surface area contributed by atoms with Gasteiger partial charge >= 0.3 is 0 Å². The van der Waals surface area contributed by atoms with Gasteiger partial charge in [0.1, 0.15) is 6.04 Å². The lowest BCUT2D eigenvalue weighted by molar-refractivity contribution is 0.414. The van der Waals surface area contributed by atoms with Gasteiger partial charge in [-0.15, -0.1) is 0 Å². The second-order valence-corrected chi connectivity index (χ2v) is 6.84. The van der Waals surface area contributed by atoms with Gasteiger partial charge in [0.05, 0.1) is 17.7 Å². The molecule has 1 aliphatic rings. The summed E-state index contributed by atoms with van der Waals surface area (Å²) in [7, 11) is 0. The lowest BCUT2D eigenvalue weighted by atomic mass is 9.98. The second-order valence-electron chi connectivity index (χ2n) is 6.41. The van der Waals surface area contributed by atoms with E-state index in [1.807, 2.05) is 41.0 Å². The monoisotopic (exact) mass is 365 g/mol. The van der Waals surface area contributed by atoms with Crippen LogP contribution in [0.2, 0.25) is 5.02 Å². The first-order chi connectivity index (χ1) is 12.8. The lowest BCUT2D eigenvalue weighted by Crippen LogP contribution is -2.23. The van der Waals surface area contributed by atoms with Crippen LogP contribution in [0.5, 0.6) is 0 Å². The highest BCUT2D eigenvalue weighted by Crippen LogP contribution is 2.35. The third-order valence-corrected chi connectivity index (χ3v) is 5.08. The fraction of sp³-hybridized carbons (Fsp3) is 0.250. The van der Waals surface area contributed by atoms with Crippen LogP contribution in [0.15, 0.2) is 55.1 Å². The summed E-state index contributed by atoms with van der Waals surface area (Å²) in [5, 5.41) is 4.00. The van der Waals surface area contributed by atoms with Gasteiger partial charge in [0.2, 0.25) is 6.29 Å². The summed E-state index contributed by atoms with van der Waals surface area (Å²) in [5.41, 5.74) is 3.64. The minimum absolute atomic E-state index is 0.209. The summed E-state index contributed by atoms with van der Waals surface area (Å²) >= 11 is 6.03. The Bertz CT molecular complexity index is 886. The van der Waals surface area contributed by atoms with Crippen molar-refractivity contribution in [1.29, 1.82) is 0 Å². The number of halogens is 1. The summed E-state index contributed by atoms with van der Waals surface area (Å²) < 4.78 is 1.95. The number of hydrogen-bond acceptors (Lipinski definition) is 4. The molecular weight excluding hydrogens is 348 g/mol. The Morgan fingerprint density at radius 1 is 1.15 bits per heavy atom. The average molecular weight is 366 g/mol. The van der Waals surface area contributed by atoms with Crippen LogP contribution >= 0.6 is 11.6 Å². The number of nitrogens with one attached hydrogen (secondary N) is 1. The minimum Gasteiger partial charge on any atom is -0.319 e. The first-order valence-corrected chi connectivity index (χ1v) is 8.97. The minimum atomic E-state index is -0.373. The van der Waals surface area contributed by atoms with Crippen molar-refractivity contribution in [2.75, 3.05) is 13.1 Å². The molecule has 1 saturated heterocycles. The number of rotatable bonds is 5. The number of aromatic nitrogens is 3. The van der Waals surface area contributed by atoms with Crippen LogP contribution in [0.1, 0.15) is 12.5 Å². The van der Waals surface area contributed by atoms with Crippen molar-refractivity contribution < 1.29 is 4.79 Å². The van der Waals surface area contributed by atoms with Crippen LogP contribution < -0.4 is 5.32 Å². The number of carbonyl (C=O) groups excluding carboxylic acids is 1. The molecule has 26 heavy (non-hydrogen) atoms. The number of imidazole rings is 1. The van der Waals surface area contributed by atoms with E-state index in [1.54, 1.807) is 18.7 Å². The van der Waals surface area contributed by atoms with E-state index in [4.69, 9.17) is 11.6 Å². The third kappa shape index (κ3) is 3.16. The van der Waals surface area contributed by atoms with Crippen LogP contribution in [0.3, 0.4) is 0 Å². The molecule has 0 aliphatic carbocycles. The molecule has 0 amide bonds. The van der Waals surface area contributed by atoms with E-state index < -0.39 is 0 Å². The topological polar surface area (TPSA) is 59.8 Å². The summed E-state index contributed by atoms with van der Waals surface area (Å²) in [5.74, 6) is 0.209. The zero-order valence-corrected chi connectivity index (χ0v) is 14.9. The molecule has 0 spiro atoms. The molecule has 3 aromatic rings. The maximum atomic E-state index is 11.8. The number of hydrogen-bond donors (Lipinski definition) is 1. The Morgan fingerprint density at radius 2 is 1.92 bits per heavy atom. The van der Waals surface area contributed by atoms with Crippen LogP contribution in [0.4, 0.5) is 0 Å². The highest BCUT2D eigenvalue weighted by molar-refractivity contribution is 6.30. The number of nitrogens with zero attached hydrogens (tertiary/aromatic N) is 3. The van der Waals surface area contributed by atoms with Gasteiger partial charge in [0.25, 0.3) is 0 Å². The quantitative estimate of drug-likeness (QED) is 0.751. The van der Waals surface area contributed by atoms with Crippen molar-refractivity contribution >= 4 is 17.9 Å². The molecule has 2 aromatic heterocycles. The Labute approximate surface area is 157 Å². The summed E-state index contributed by atoms with van der Waals surface area (Å²) in [4.78, 5) is 20.6. The van der Waals surface area contributed by atoms with E-state index in [-0.39, 0.29) is 12.0 Å². The Kier molecular flexibility index (Phi) is 4.82. The van der Waals surface area contributed by atoms with E-state index in [0.29, 0.717) is 5.02 Å². The van der Waals surface area contributed by atoms with Gasteiger partial charge in [-0.25, -0.2) is 4.98 Å². The van der Waals surface area contributed by atoms with Crippen LogP contribution in [-0.4, -0.2) is 33.9 Å². The first-order valence-electron chi connectivity index (χ1n) is 8.59. The summed E-state index contributed by atoms with van der Waals surface area (Å²) in [6.45, 7) is 1.73. The van der Waals surface area contributed by atoms with Gasteiger partial charge in [-0.1, -0.05) is 23.7 Å². The third-order valence-electron chi connectivity index (χ3n) is 4.83. The summed E-state index contributed by atoms with van der Waals surface area (Å²) in [6.07, 6.45) is 8.42. The molecule has 0 bridgehead atoms. The largest absolute Gasteiger partial charge is 0.319 e. The zero-order valence-electron chi connectivity index (χ0n) is 14.1.